The van der Waals surface area contributed by atoms with E-state index in [0.717, 1.165) is 37.9 Å². The van der Waals surface area contributed by atoms with Crippen molar-refractivity contribution in [1.29, 1.82) is 0 Å². The smallest absolute Gasteiger partial charge is 0.231 e. The number of nitrogens with two attached hydrogens (primary N) is 1. The van der Waals surface area contributed by atoms with Crippen molar-refractivity contribution in [2.24, 2.45) is 0 Å². The molecule has 1 aliphatic rings. The largest absolute Gasteiger partial charge is 0.493 e. The Hall–Kier alpha value is -3.06. The average molecular weight is 365 g/mol. The van der Waals surface area contributed by atoms with Crippen molar-refractivity contribution >= 4 is 37.6 Å². The topological polar surface area (TPSA) is 79.5 Å². The van der Waals surface area contributed by atoms with Gasteiger partial charge in [0.2, 0.25) is 12.5 Å². The highest BCUT2D eigenvalue weighted by Gasteiger charge is 2.21. The van der Waals surface area contributed by atoms with Crippen LogP contribution >= 0.6 is 11.3 Å². The Morgan fingerprint density at radius 2 is 1.96 bits per heavy atom. The molecule has 1 aliphatic heterocycles. The number of aromatic nitrogens is 2. The number of hydrogen-bond donors (Lipinski definition) is 1. The number of ether oxygens (including phenoxy) is 3. The number of aryl methyl sites for hydroxylation is 1. The lowest BCUT2D eigenvalue weighted by Gasteiger charge is -2.10. The van der Waals surface area contributed by atoms with Gasteiger partial charge >= 0.3 is 0 Å². The van der Waals surface area contributed by atoms with Gasteiger partial charge in [0.15, 0.2) is 16.6 Å². The molecule has 5 rings (SSSR count). The number of anilines is 1. The van der Waals surface area contributed by atoms with E-state index in [2.05, 4.69) is 18.0 Å². The number of rotatable bonds is 2. The van der Waals surface area contributed by atoms with Gasteiger partial charge in [-0.05, 0) is 42.8 Å². The highest BCUT2D eigenvalue weighted by Crippen LogP contribution is 2.44. The molecule has 0 radical (unpaired) electrons. The first-order chi connectivity index (χ1) is 12.6. The van der Waals surface area contributed by atoms with Gasteiger partial charge in [-0.1, -0.05) is 11.3 Å². The number of benzene rings is 2. The van der Waals surface area contributed by atoms with Crippen molar-refractivity contribution in [2.75, 3.05) is 19.6 Å². The molecule has 0 aliphatic carbocycles. The quantitative estimate of drug-likeness (QED) is 0.575. The normalized spacial score (nSPS) is 12.8. The standard InChI is InChI=1S/C19H15N3O3S/c1-9-5-13(10-6-14(23-2)17-15(7-10)24-8-25-17)21-11-3-4-12-18(16(9)11)26-19(20)22-12/h3-7H,8H2,1-2H3,(H2,20,22). The van der Waals surface area contributed by atoms with Gasteiger partial charge < -0.3 is 19.9 Å². The summed E-state index contributed by atoms with van der Waals surface area (Å²) in [6, 6.07) is 9.86. The summed E-state index contributed by atoms with van der Waals surface area (Å²) in [6.45, 7) is 2.27. The van der Waals surface area contributed by atoms with Crippen molar-refractivity contribution < 1.29 is 14.2 Å². The average Bonchev–Trinajstić information content (AvgIpc) is 3.25. The Bertz CT molecular complexity index is 1190. The third kappa shape index (κ3) is 2.17. The lowest BCUT2D eigenvalue weighted by Crippen LogP contribution is -1.93. The molecule has 2 aromatic heterocycles. The van der Waals surface area contributed by atoms with Crippen LogP contribution in [0, 0.1) is 6.92 Å². The van der Waals surface area contributed by atoms with E-state index < -0.39 is 0 Å². The molecule has 0 saturated carbocycles. The third-order valence-electron chi connectivity index (χ3n) is 4.49. The molecular formula is C19H15N3O3S. The van der Waals surface area contributed by atoms with Crippen molar-refractivity contribution in [3.8, 4) is 28.5 Å². The van der Waals surface area contributed by atoms with Gasteiger partial charge in [-0.15, -0.1) is 0 Å². The molecule has 0 amide bonds. The van der Waals surface area contributed by atoms with Gasteiger partial charge in [0.1, 0.15) is 0 Å². The van der Waals surface area contributed by atoms with E-state index in [4.69, 9.17) is 24.9 Å². The highest BCUT2D eigenvalue weighted by molar-refractivity contribution is 7.23. The molecule has 3 heterocycles. The summed E-state index contributed by atoms with van der Waals surface area (Å²) in [6.07, 6.45) is 0. The maximum Gasteiger partial charge on any atom is 0.231 e. The molecule has 130 valence electrons. The van der Waals surface area contributed by atoms with E-state index in [1.807, 2.05) is 24.3 Å². The monoisotopic (exact) mass is 365 g/mol. The van der Waals surface area contributed by atoms with Crippen molar-refractivity contribution in [1.82, 2.24) is 9.97 Å². The molecule has 2 aromatic carbocycles. The number of thiazole rings is 1. The molecule has 0 spiro atoms. The van der Waals surface area contributed by atoms with Gasteiger partial charge in [-0.3, -0.25) is 0 Å². The number of fused-ring (bicyclic) bond motifs is 4. The molecule has 7 heteroatoms. The van der Waals surface area contributed by atoms with Gasteiger partial charge in [-0.25, -0.2) is 9.97 Å². The fourth-order valence-electron chi connectivity index (χ4n) is 3.34. The molecule has 4 aromatic rings. The maximum absolute atomic E-state index is 5.88. The van der Waals surface area contributed by atoms with E-state index in [0.29, 0.717) is 22.4 Å². The Morgan fingerprint density at radius 3 is 2.81 bits per heavy atom. The molecule has 6 nitrogen and oxygen atoms in total. The number of nitrogen functional groups attached to an aromatic ring is 1. The van der Waals surface area contributed by atoms with Gasteiger partial charge in [0, 0.05) is 10.9 Å². The summed E-state index contributed by atoms with van der Waals surface area (Å²) in [5, 5.41) is 1.66. The van der Waals surface area contributed by atoms with Crippen LogP contribution in [0.5, 0.6) is 17.2 Å². The number of hydrogen-bond acceptors (Lipinski definition) is 7. The minimum absolute atomic E-state index is 0.199. The van der Waals surface area contributed by atoms with Crippen molar-refractivity contribution in [3.63, 3.8) is 0 Å². The van der Waals surface area contributed by atoms with Crippen molar-refractivity contribution in [3.05, 3.63) is 35.9 Å². The van der Waals surface area contributed by atoms with E-state index in [-0.39, 0.29) is 6.79 Å². The van der Waals surface area contributed by atoms with E-state index in [1.165, 1.54) is 11.3 Å². The van der Waals surface area contributed by atoms with Crippen LogP contribution < -0.4 is 19.9 Å². The maximum atomic E-state index is 5.88. The lowest BCUT2D eigenvalue weighted by molar-refractivity contribution is 0.171. The minimum Gasteiger partial charge on any atom is -0.493 e. The molecular weight excluding hydrogens is 350 g/mol. The number of pyridine rings is 1. The highest BCUT2D eigenvalue weighted by atomic mass is 32.1. The molecule has 2 N–H and O–H groups in total. The van der Waals surface area contributed by atoms with Gasteiger partial charge in [0.05, 0.1) is 28.5 Å². The summed E-state index contributed by atoms with van der Waals surface area (Å²) in [5.74, 6) is 1.94. The predicted octanol–water partition coefficient (Wildman–Crippen LogP) is 4.14. The van der Waals surface area contributed by atoms with E-state index >= 15 is 0 Å². The third-order valence-corrected chi connectivity index (χ3v) is 5.41. The van der Waals surface area contributed by atoms with Crippen LogP contribution in [0.25, 0.3) is 32.4 Å². The van der Waals surface area contributed by atoms with Crippen LogP contribution in [0.4, 0.5) is 5.13 Å². The second-order valence-electron chi connectivity index (χ2n) is 6.10. The molecule has 0 fully saturated rings. The SMILES string of the molecule is COc1cc(-c2cc(C)c3c(ccc4nc(N)sc43)n2)cc2c1OCO2. The van der Waals surface area contributed by atoms with E-state index in [1.54, 1.807) is 7.11 Å². The zero-order valence-corrected chi connectivity index (χ0v) is 15.0. The number of methoxy groups -OCH3 is 1. The van der Waals surface area contributed by atoms with Gasteiger partial charge in [0.25, 0.3) is 0 Å². The lowest BCUT2D eigenvalue weighted by atomic mass is 10.0. The molecule has 0 saturated heterocycles. The first-order valence-corrected chi connectivity index (χ1v) is 8.90. The Morgan fingerprint density at radius 1 is 1.12 bits per heavy atom. The van der Waals surface area contributed by atoms with Crippen LogP contribution in [0.15, 0.2) is 30.3 Å². The van der Waals surface area contributed by atoms with Crippen LogP contribution in [-0.2, 0) is 0 Å². The summed E-state index contributed by atoms with van der Waals surface area (Å²) >= 11 is 1.49. The number of nitrogens with zero attached hydrogens (tertiary/aromatic N) is 2. The Kier molecular flexibility index (Phi) is 3.20. The molecule has 26 heavy (non-hydrogen) atoms. The van der Waals surface area contributed by atoms with Crippen LogP contribution in [-0.4, -0.2) is 23.9 Å². The second-order valence-corrected chi connectivity index (χ2v) is 7.13. The molecule has 0 bridgehead atoms. The van der Waals surface area contributed by atoms with E-state index in [9.17, 15) is 0 Å². The molecule has 0 atom stereocenters. The first kappa shape index (κ1) is 15.2. The van der Waals surface area contributed by atoms with Crippen LogP contribution in [0.1, 0.15) is 5.56 Å². The fraction of sp³-hybridized carbons (Fsp3) is 0.158. The van der Waals surface area contributed by atoms with Crippen LogP contribution in [0.2, 0.25) is 0 Å². The summed E-state index contributed by atoms with van der Waals surface area (Å²) in [7, 11) is 1.62. The first-order valence-electron chi connectivity index (χ1n) is 8.08. The van der Waals surface area contributed by atoms with Crippen molar-refractivity contribution in [2.45, 2.75) is 6.92 Å². The molecule has 0 unspecified atom stereocenters. The summed E-state index contributed by atoms with van der Waals surface area (Å²) < 4.78 is 17.5. The summed E-state index contributed by atoms with van der Waals surface area (Å²) in [5.41, 5.74) is 10.6. The predicted molar refractivity (Wildman–Crippen MR) is 102 cm³/mol. The Balaban J connectivity index is 1.74. The fourth-order valence-corrected chi connectivity index (χ4v) is 4.28. The minimum atomic E-state index is 0.199. The van der Waals surface area contributed by atoms with Crippen LogP contribution in [0.3, 0.4) is 0 Å². The Labute approximate surface area is 153 Å². The second kappa shape index (κ2) is 5.47. The zero-order valence-electron chi connectivity index (χ0n) is 14.2. The zero-order chi connectivity index (χ0) is 17.8. The summed E-state index contributed by atoms with van der Waals surface area (Å²) in [4.78, 5) is 9.22. The van der Waals surface area contributed by atoms with Gasteiger partial charge in [-0.2, -0.15) is 0 Å².